The van der Waals surface area contributed by atoms with E-state index < -0.39 is 0 Å². The van der Waals surface area contributed by atoms with Crippen molar-refractivity contribution in [3.8, 4) is 0 Å². The molecule has 0 atom stereocenters. The first-order chi connectivity index (χ1) is 8.71. The quantitative estimate of drug-likeness (QED) is 0.864. The SMILES string of the molecule is CCC1(CC)CCN(Cc2ccc(CN)cc2)C1. The minimum absolute atomic E-state index is 0.581. The predicted molar refractivity (Wildman–Crippen MR) is 77.2 cm³/mol. The molecule has 1 aliphatic rings. The van der Waals surface area contributed by atoms with Crippen LogP contribution in [-0.2, 0) is 13.1 Å². The number of nitrogens with two attached hydrogens (primary N) is 1. The van der Waals surface area contributed by atoms with E-state index in [0.29, 0.717) is 12.0 Å². The Morgan fingerprint density at radius 1 is 1.11 bits per heavy atom. The molecule has 1 fully saturated rings. The van der Waals surface area contributed by atoms with E-state index in [1.807, 2.05) is 0 Å². The van der Waals surface area contributed by atoms with E-state index in [-0.39, 0.29) is 0 Å². The van der Waals surface area contributed by atoms with Crippen LogP contribution < -0.4 is 5.73 Å². The summed E-state index contributed by atoms with van der Waals surface area (Å²) in [7, 11) is 0. The van der Waals surface area contributed by atoms with Gasteiger partial charge in [-0.3, -0.25) is 4.90 Å². The molecular weight excluding hydrogens is 220 g/mol. The molecule has 1 aromatic rings. The summed E-state index contributed by atoms with van der Waals surface area (Å²) in [5.74, 6) is 0. The van der Waals surface area contributed by atoms with Crippen LogP contribution in [0.5, 0.6) is 0 Å². The molecule has 0 aromatic heterocycles. The zero-order chi connectivity index (χ0) is 13.0. The van der Waals surface area contributed by atoms with Gasteiger partial charge in [0.25, 0.3) is 0 Å². The molecule has 1 aromatic carbocycles. The Hall–Kier alpha value is -0.860. The molecule has 2 rings (SSSR count). The molecule has 0 bridgehead atoms. The lowest BCUT2D eigenvalue weighted by molar-refractivity contribution is 0.236. The molecule has 1 heterocycles. The molecular formula is C16H26N2. The third-order valence-electron chi connectivity index (χ3n) is 4.68. The fraction of sp³-hybridized carbons (Fsp3) is 0.625. The number of hydrogen-bond acceptors (Lipinski definition) is 2. The molecule has 18 heavy (non-hydrogen) atoms. The fourth-order valence-electron chi connectivity index (χ4n) is 3.03. The number of benzene rings is 1. The molecule has 2 nitrogen and oxygen atoms in total. The monoisotopic (exact) mass is 246 g/mol. The first kappa shape index (κ1) is 13.6. The molecule has 0 unspecified atom stereocenters. The maximum atomic E-state index is 5.62. The lowest BCUT2D eigenvalue weighted by Crippen LogP contribution is -2.26. The average Bonchev–Trinajstić information content (AvgIpc) is 2.84. The summed E-state index contributed by atoms with van der Waals surface area (Å²) < 4.78 is 0. The second kappa shape index (κ2) is 5.85. The molecule has 0 aliphatic carbocycles. The van der Waals surface area contributed by atoms with Crippen LogP contribution in [0.4, 0.5) is 0 Å². The minimum Gasteiger partial charge on any atom is -0.326 e. The highest BCUT2D eigenvalue weighted by atomic mass is 15.2. The molecule has 2 heteroatoms. The predicted octanol–water partition coefficient (Wildman–Crippen LogP) is 3.16. The van der Waals surface area contributed by atoms with Crippen LogP contribution in [0.15, 0.2) is 24.3 Å². The highest BCUT2D eigenvalue weighted by molar-refractivity contribution is 5.22. The van der Waals surface area contributed by atoms with E-state index in [1.54, 1.807) is 0 Å². The maximum absolute atomic E-state index is 5.62. The molecule has 100 valence electrons. The lowest BCUT2D eigenvalue weighted by Gasteiger charge is -2.26. The molecule has 0 spiro atoms. The molecule has 1 aliphatic heterocycles. The zero-order valence-electron chi connectivity index (χ0n) is 11.8. The highest BCUT2D eigenvalue weighted by Gasteiger charge is 2.34. The highest BCUT2D eigenvalue weighted by Crippen LogP contribution is 2.37. The van der Waals surface area contributed by atoms with E-state index in [4.69, 9.17) is 5.73 Å². The summed E-state index contributed by atoms with van der Waals surface area (Å²) in [5, 5.41) is 0. The Kier molecular flexibility index (Phi) is 4.41. The van der Waals surface area contributed by atoms with E-state index >= 15 is 0 Å². The van der Waals surface area contributed by atoms with Crippen LogP contribution in [0.25, 0.3) is 0 Å². The van der Waals surface area contributed by atoms with Crippen molar-refractivity contribution in [1.29, 1.82) is 0 Å². The topological polar surface area (TPSA) is 29.3 Å². The van der Waals surface area contributed by atoms with Gasteiger partial charge in [0, 0.05) is 19.6 Å². The Balaban J connectivity index is 1.94. The van der Waals surface area contributed by atoms with Gasteiger partial charge >= 0.3 is 0 Å². The van der Waals surface area contributed by atoms with Gasteiger partial charge in [-0.1, -0.05) is 38.1 Å². The minimum atomic E-state index is 0.581. The Labute approximate surface area is 111 Å². The van der Waals surface area contributed by atoms with Gasteiger partial charge in [0.05, 0.1) is 0 Å². The van der Waals surface area contributed by atoms with Crippen molar-refractivity contribution in [2.24, 2.45) is 11.1 Å². The normalized spacial score (nSPS) is 19.3. The first-order valence-electron chi connectivity index (χ1n) is 7.21. The summed E-state index contributed by atoms with van der Waals surface area (Å²) in [4.78, 5) is 2.60. The number of likely N-dealkylation sites (tertiary alicyclic amines) is 1. The number of nitrogens with zero attached hydrogens (tertiary/aromatic N) is 1. The molecule has 0 amide bonds. The Bertz CT molecular complexity index is 365. The van der Waals surface area contributed by atoms with Crippen molar-refractivity contribution in [1.82, 2.24) is 4.90 Å². The summed E-state index contributed by atoms with van der Waals surface area (Å²) in [6, 6.07) is 8.75. The van der Waals surface area contributed by atoms with Crippen LogP contribution in [0.2, 0.25) is 0 Å². The van der Waals surface area contributed by atoms with E-state index in [2.05, 4.69) is 43.0 Å². The van der Waals surface area contributed by atoms with Gasteiger partial charge in [-0.25, -0.2) is 0 Å². The summed E-state index contributed by atoms with van der Waals surface area (Å²) in [5.41, 5.74) is 8.84. The van der Waals surface area contributed by atoms with Crippen LogP contribution in [0.3, 0.4) is 0 Å². The van der Waals surface area contributed by atoms with Crippen molar-refractivity contribution in [2.45, 2.75) is 46.2 Å². The summed E-state index contributed by atoms with van der Waals surface area (Å²) >= 11 is 0. The van der Waals surface area contributed by atoms with Gasteiger partial charge in [0.15, 0.2) is 0 Å². The van der Waals surface area contributed by atoms with Gasteiger partial charge in [-0.15, -0.1) is 0 Å². The largest absolute Gasteiger partial charge is 0.326 e. The van der Waals surface area contributed by atoms with Gasteiger partial charge in [0.2, 0.25) is 0 Å². The van der Waals surface area contributed by atoms with Gasteiger partial charge < -0.3 is 5.73 Å². The third kappa shape index (κ3) is 2.93. The standard InChI is InChI=1S/C16H26N2/c1-3-16(4-2)9-10-18(13-16)12-15-7-5-14(11-17)6-8-15/h5-8H,3-4,9-13,17H2,1-2H3. The molecule has 0 saturated carbocycles. The van der Waals surface area contributed by atoms with Crippen LogP contribution in [0.1, 0.15) is 44.2 Å². The van der Waals surface area contributed by atoms with Crippen LogP contribution >= 0.6 is 0 Å². The second-order valence-electron chi connectivity index (χ2n) is 5.69. The Morgan fingerprint density at radius 2 is 1.72 bits per heavy atom. The smallest absolute Gasteiger partial charge is 0.0233 e. The van der Waals surface area contributed by atoms with E-state index in [0.717, 1.165) is 6.54 Å². The van der Waals surface area contributed by atoms with Crippen molar-refractivity contribution in [2.75, 3.05) is 13.1 Å². The zero-order valence-corrected chi connectivity index (χ0v) is 11.8. The maximum Gasteiger partial charge on any atom is 0.0233 e. The lowest BCUT2D eigenvalue weighted by atomic mass is 9.82. The fourth-order valence-corrected chi connectivity index (χ4v) is 3.03. The molecule has 1 saturated heterocycles. The molecule has 2 N–H and O–H groups in total. The average molecular weight is 246 g/mol. The second-order valence-corrected chi connectivity index (χ2v) is 5.69. The van der Waals surface area contributed by atoms with E-state index in [1.165, 1.54) is 43.5 Å². The van der Waals surface area contributed by atoms with Crippen LogP contribution in [0, 0.1) is 5.41 Å². The summed E-state index contributed by atoms with van der Waals surface area (Å²) in [6.07, 6.45) is 3.99. The first-order valence-corrected chi connectivity index (χ1v) is 7.21. The Morgan fingerprint density at radius 3 is 2.22 bits per heavy atom. The van der Waals surface area contributed by atoms with Gasteiger partial charge in [-0.05, 0) is 42.3 Å². The summed E-state index contributed by atoms with van der Waals surface area (Å²) in [6.45, 7) is 8.91. The van der Waals surface area contributed by atoms with Gasteiger partial charge in [-0.2, -0.15) is 0 Å². The van der Waals surface area contributed by atoms with Gasteiger partial charge in [0.1, 0.15) is 0 Å². The number of rotatable bonds is 5. The van der Waals surface area contributed by atoms with Crippen molar-refractivity contribution in [3.05, 3.63) is 35.4 Å². The molecule has 0 radical (unpaired) electrons. The van der Waals surface area contributed by atoms with E-state index in [9.17, 15) is 0 Å². The van der Waals surface area contributed by atoms with Crippen molar-refractivity contribution >= 4 is 0 Å². The van der Waals surface area contributed by atoms with Crippen molar-refractivity contribution in [3.63, 3.8) is 0 Å². The van der Waals surface area contributed by atoms with Crippen molar-refractivity contribution < 1.29 is 0 Å². The third-order valence-corrected chi connectivity index (χ3v) is 4.68. The number of hydrogen-bond donors (Lipinski definition) is 1. The van der Waals surface area contributed by atoms with Crippen LogP contribution in [-0.4, -0.2) is 18.0 Å².